The maximum Gasteiger partial charge on any atom is 0.204 e. The molecule has 0 heterocycles. The van der Waals surface area contributed by atoms with Crippen molar-refractivity contribution < 1.29 is 27.0 Å². The fraction of sp³-hybridized carbons (Fsp3) is 0.462. The van der Waals surface area contributed by atoms with Crippen molar-refractivity contribution in [2.45, 2.75) is 58.0 Å². The molecule has 0 aromatic heterocycles. The van der Waals surface area contributed by atoms with E-state index >= 15 is 0 Å². The van der Waals surface area contributed by atoms with Gasteiger partial charge in [-0.05, 0) is 80.5 Å². The Labute approximate surface area is 187 Å². The van der Waals surface area contributed by atoms with Gasteiger partial charge in [-0.3, -0.25) is 0 Å². The lowest BCUT2D eigenvalue weighted by Gasteiger charge is -2.28. The van der Waals surface area contributed by atoms with E-state index in [4.69, 9.17) is 9.47 Å². The molecule has 32 heavy (non-hydrogen) atoms. The molecule has 0 amide bonds. The van der Waals surface area contributed by atoms with Crippen LogP contribution in [0.5, 0.6) is 11.5 Å². The monoisotopic (exact) mass is 450 g/mol. The molecule has 174 valence electrons. The van der Waals surface area contributed by atoms with Crippen LogP contribution in [0.1, 0.15) is 62.5 Å². The molecule has 2 aromatic rings. The van der Waals surface area contributed by atoms with Gasteiger partial charge < -0.3 is 9.47 Å². The maximum absolute atomic E-state index is 14.1. The summed E-state index contributed by atoms with van der Waals surface area (Å²) in [7, 11) is 0. The van der Waals surface area contributed by atoms with Crippen LogP contribution < -0.4 is 9.47 Å². The summed E-state index contributed by atoms with van der Waals surface area (Å²) in [6.45, 7) is 1.08. The van der Waals surface area contributed by atoms with E-state index in [0.717, 1.165) is 37.7 Å². The smallest absolute Gasteiger partial charge is 0.204 e. The van der Waals surface area contributed by atoms with Gasteiger partial charge in [-0.25, -0.2) is 8.78 Å². The number of hydrogen-bond acceptors (Lipinski definition) is 2. The van der Waals surface area contributed by atoms with Gasteiger partial charge in [-0.15, -0.1) is 0 Å². The molecule has 2 aromatic carbocycles. The molecule has 0 radical (unpaired) electrons. The van der Waals surface area contributed by atoms with Crippen LogP contribution in [0.4, 0.5) is 17.6 Å². The first kappa shape index (κ1) is 24.1. The Morgan fingerprint density at radius 3 is 2.16 bits per heavy atom. The Morgan fingerprint density at radius 1 is 0.938 bits per heavy atom. The Morgan fingerprint density at radius 2 is 1.56 bits per heavy atom. The highest BCUT2D eigenvalue weighted by Crippen LogP contribution is 2.37. The van der Waals surface area contributed by atoms with Crippen LogP contribution in [0.3, 0.4) is 0 Å². The van der Waals surface area contributed by atoms with Gasteiger partial charge in [-0.2, -0.15) is 8.78 Å². The Balaban J connectivity index is 1.48. The van der Waals surface area contributed by atoms with E-state index in [1.54, 1.807) is 6.92 Å². The van der Waals surface area contributed by atoms with Crippen molar-refractivity contribution in [3.05, 3.63) is 71.1 Å². The fourth-order valence-corrected chi connectivity index (χ4v) is 4.25. The quantitative estimate of drug-likeness (QED) is 0.344. The van der Waals surface area contributed by atoms with Crippen molar-refractivity contribution in [3.63, 3.8) is 0 Å². The number of rotatable bonds is 10. The third-order valence-corrected chi connectivity index (χ3v) is 6.07. The highest BCUT2D eigenvalue weighted by Gasteiger charge is 2.22. The van der Waals surface area contributed by atoms with Gasteiger partial charge in [0.15, 0.2) is 11.5 Å². The number of allylic oxidation sites excluding steroid dienone is 2. The largest absolute Gasteiger partial charge is 0.491 e. The normalized spacial score (nSPS) is 19.1. The minimum Gasteiger partial charge on any atom is -0.491 e. The van der Waals surface area contributed by atoms with Crippen LogP contribution >= 0.6 is 0 Å². The van der Waals surface area contributed by atoms with Gasteiger partial charge in [0.1, 0.15) is 19.1 Å². The minimum absolute atomic E-state index is 0.125. The summed E-state index contributed by atoms with van der Waals surface area (Å²) in [5.41, 5.74) is 2.13. The number of alkyl halides is 1. The Kier molecular flexibility index (Phi) is 9.00. The van der Waals surface area contributed by atoms with Crippen LogP contribution in [0.25, 0.3) is 0 Å². The molecule has 0 spiro atoms. The zero-order valence-electron chi connectivity index (χ0n) is 18.4. The van der Waals surface area contributed by atoms with E-state index in [0.29, 0.717) is 18.3 Å². The minimum atomic E-state index is -1.05. The summed E-state index contributed by atoms with van der Waals surface area (Å²) in [6.07, 6.45) is 7.18. The molecule has 3 rings (SSSR count). The molecule has 0 N–H and O–H groups in total. The summed E-state index contributed by atoms with van der Waals surface area (Å²) in [5, 5.41) is 0. The highest BCUT2D eigenvalue weighted by molar-refractivity contribution is 5.35. The van der Waals surface area contributed by atoms with Crippen LogP contribution in [0, 0.1) is 17.6 Å². The molecule has 0 atom stereocenters. The average Bonchev–Trinajstić information content (AvgIpc) is 2.82. The lowest BCUT2D eigenvalue weighted by Crippen LogP contribution is -2.13. The summed E-state index contributed by atoms with van der Waals surface area (Å²) in [4.78, 5) is 0. The molecule has 1 saturated carbocycles. The van der Waals surface area contributed by atoms with E-state index in [2.05, 4.69) is 12.1 Å². The zero-order valence-corrected chi connectivity index (χ0v) is 18.4. The molecule has 1 aliphatic rings. The first-order valence-electron chi connectivity index (χ1n) is 11.2. The first-order chi connectivity index (χ1) is 15.5. The van der Waals surface area contributed by atoms with Gasteiger partial charge in [0.25, 0.3) is 0 Å². The van der Waals surface area contributed by atoms with Gasteiger partial charge in [-0.1, -0.05) is 30.3 Å². The maximum atomic E-state index is 14.1. The van der Waals surface area contributed by atoms with Crippen molar-refractivity contribution in [1.29, 1.82) is 0 Å². The van der Waals surface area contributed by atoms with E-state index in [9.17, 15) is 17.6 Å². The molecule has 0 bridgehead atoms. The number of ether oxygens (including phenoxy) is 2. The summed E-state index contributed by atoms with van der Waals surface area (Å²) in [6, 6.07) is 10.8. The van der Waals surface area contributed by atoms with E-state index in [1.165, 1.54) is 23.8 Å². The number of halogens is 4. The second-order valence-electron chi connectivity index (χ2n) is 8.23. The summed E-state index contributed by atoms with van der Waals surface area (Å²) < 4.78 is 63.6. The third-order valence-electron chi connectivity index (χ3n) is 6.07. The topological polar surface area (TPSA) is 18.5 Å². The second kappa shape index (κ2) is 11.9. The standard InChI is InChI=1S/C26H30F4O2/c1-2-31-23-14-15-24(26(30)25(23)29)32-17-19-8-12-21(13-9-19)20-10-6-18(7-11-20)4-3-5-22(28)16-27/h5,8-9,12-15,18,20H,2-4,6-7,10-11,16-17H2,1H3. The summed E-state index contributed by atoms with van der Waals surface area (Å²) >= 11 is 0. The number of benzene rings is 2. The van der Waals surface area contributed by atoms with Gasteiger partial charge in [0.2, 0.25) is 11.6 Å². The molecule has 0 unspecified atom stereocenters. The molecule has 2 nitrogen and oxygen atoms in total. The predicted molar refractivity (Wildman–Crippen MR) is 117 cm³/mol. The lowest BCUT2D eigenvalue weighted by atomic mass is 9.77. The molecular formula is C26H30F4O2. The highest BCUT2D eigenvalue weighted by atomic mass is 19.2. The van der Waals surface area contributed by atoms with Gasteiger partial charge in [0.05, 0.1) is 6.61 Å². The second-order valence-corrected chi connectivity index (χ2v) is 8.23. The Hall–Kier alpha value is -2.50. The van der Waals surface area contributed by atoms with Crippen molar-refractivity contribution in [3.8, 4) is 11.5 Å². The van der Waals surface area contributed by atoms with Crippen LogP contribution in [0.2, 0.25) is 0 Å². The van der Waals surface area contributed by atoms with E-state index in [1.807, 2.05) is 12.1 Å². The van der Waals surface area contributed by atoms with Crippen molar-refractivity contribution in [2.24, 2.45) is 5.92 Å². The van der Waals surface area contributed by atoms with Crippen LogP contribution in [-0.4, -0.2) is 13.3 Å². The third kappa shape index (κ3) is 6.50. The summed E-state index contributed by atoms with van der Waals surface area (Å²) in [5.74, 6) is -1.98. The predicted octanol–water partition coefficient (Wildman–Crippen LogP) is 7.82. The number of hydrogen-bond donors (Lipinski definition) is 0. The Bertz CT molecular complexity index is 887. The molecular weight excluding hydrogens is 420 g/mol. The van der Waals surface area contributed by atoms with Crippen LogP contribution in [0.15, 0.2) is 48.3 Å². The zero-order chi connectivity index (χ0) is 22.9. The van der Waals surface area contributed by atoms with Crippen LogP contribution in [-0.2, 0) is 6.61 Å². The van der Waals surface area contributed by atoms with Crippen molar-refractivity contribution in [1.82, 2.24) is 0 Å². The van der Waals surface area contributed by atoms with Crippen molar-refractivity contribution in [2.75, 3.05) is 13.3 Å². The van der Waals surface area contributed by atoms with Gasteiger partial charge in [0, 0.05) is 0 Å². The average molecular weight is 451 g/mol. The fourth-order valence-electron chi connectivity index (χ4n) is 4.25. The molecule has 0 saturated heterocycles. The lowest BCUT2D eigenvalue weighted by molar-refractivity contribution is 0.274. The SMILES string of the molecule is CCOc1ccc(OCc2ccc(C3CCC(CCC=C(F)CF)CC3)cc2)c(F)c1F. The molecule has 1 aliphatic carbocycles. The van der Waals surface area contributed by atoms with Gasteiger partial charge >= 0.3 is 0 Å². The van der Waals surface area contributed by atoms with E-state index < -0.39 is 24.1 Å². The first-order valence-corrected chi connectivity index (χ1v) is 11.2. The van der Waals surface area contributed by atoms with E-state index in [-0.39, 0.29) is 24.7 Å². The van der Waals surface area contributed by atoms with Crippen molar-refractivity contribution >= 4 is 0 Å². The molecule has 1 fully saturated rings. The molecule has 6 heteroatoms. The molecule has 0 aliphatic heterocycles.